The van der Waals surface area contributed by atoms with Crippen LogP contribution in [0.1, 0.15) is 16.8 Å². The van der Waals surface area contributed by atoms with Gasteiger partial charge in [-0.05, 0) is 74.4 Å². The highest BCUT2D eigenvalue weighted by molar-refractivity contribution is 9.10. The average molecular weight is 524 g/mol. The zero-order chi connectivity index (χ0) is 22.9. The molecule has 0 spiro atoms. The summed E-state index contributed by atoms with van der Waals surface area (Å²) in [5, 5.41) is 3.04. The Bertz CT molecular complexity index is 1330. The van der Waals surface area contributed by atoms with Gasteiger partial charge in [-0.3, -0.25) is 9.59 Å². The van der Waals surface area contributed by atoms with Crippen LogP contribution in [0.25, 0.3) is 0 Å². The minimum absolute atomic E-state index is 0.00203. The molecule has 3 rings (SSSR count). The number of aromatic nitrogens is 1. The molecule has 6 nitrogen and oxygen atoms in total. The lowest BCUT2D eigenvalue weighted by Crippen LogP contribution is -2.33. The highest BCUT2D eigenvalue weighted by atomic mass is 79.9. The smallest absolute Gasteiger partial charge is 0.270 e. The molecule has 1 amide bonds. The largest absolute Gasteiger partial charge is 0.323 e. The van der Waals surface area contributed by atoms with Crippen molar-refractivity contribution in [3.63, 3.8) is 0 Å². The number of pyridine rings is 1. The van der Waals surface area contributed by atoms with Crippen LogP contribution in [-0.2, 0) is 21.2 Å². The fourth-order valence-corrected chi connectivity index (χ4v) is 5.32. The van der Waals surface area contributed by atoms with Gasteiger partial charge >= 0.3 is 0 Å². The molecule has 1 N–H and O–H groups in total. The van der Waals surface area contributed by atoms with Crippen molar-refractivity contribution in [2.45, 2.75) is 37.1 Å². The summed E-state index contributed by atoms with van der Waals surface area (Å²) in [6, 6.07) is 12.8. The highest BCUT2D eigenvalue weighted by Gasteiger charge is 2.26. The first-order valence-corrected chi connectivity index (χ1v) is 11.9. The average Bonchev–Trinajstić information content (AvgIpc) is 2.67. The van der Waals surface area contributed by atoms with Gasteiger partial charge in [-0.25, -0.2) is 8.42 Å². The number of amides is 1. The van der Waals surface area contributed by atoms with E-state index >= 15 is 0 Å². The Balaban J connectivity index is 2.00. The van der Waals surface area contributed by atoms with Gasteiger partial charge in [0.15, 0.2) is 0 Å². The van der Waals surface area contributed by atoms with Crippen LogP contribution < -0.4 is 10.9 Å². The van der Waals surface area contributed by atoms with Gasteiger partial charge in [-0.2, -0.15) is 0 Å². The van der Waals surface area contributed by atoms with Crippen molar-refractivity contribution < 1.29 is 13.2 Å². The Hall–Kier alpha value is -2.42. The van der Waals surface area contributed by atoms with E-state index in [9.17, 15) is 18.0 Å². The van der Waals surface area contributed by atoms with Gasteiger partial charge in [0.05, 0.1) is 15.6 Å². The number of carbonyl (C=O) groups excluding carboxylic acids is 1. The molecule has 0 aliphatic heterocycles. The van der Waals surface area contributed by atoms with Crippen LogP contribution in [0.15, 0.2) is 67.6 Å². The molecule has 9 heteroatoms. The molecule has 0 aliphatic carbocycles. The van der Waals surface area contributed by atoms with Crippen LogP contribution in [0.3, 0.4) is 0 Å². The van der Waals surface area contributed by atoms with E-state index in [1.807, 2.05) is 6.92 Å². The van der Waals surface area contributed by atoms with Crippen molar-refractivity contribution in [1.29, 1.82) is 0 Å². The van der Waals surface area contributed by atoms with E-state index in [-0.39, 0.29) is 16.3 Å². The zero-order valence-corrected chi connectivity index (χ0v) is 20.2. The summed E-state index contributed by atoms with van der Waals surface area (Å²) < 4.78 is 28.2. The van der Waals surface area contributed by atoms with Gasteiger partial charge < -0.3 is 9.88 Å². The third-order valence-corrected chi connectivity index (χ3v) is 7.51. The molecule has 0 unspecified atom stereocenters. The van der Waals surface area contributed by atoms with Crippen molar-refractivity contribution >= 4 is 49.0 Å². The number of hydrogen-bond donors (Lipinski definition) is 1. The van der Waals surface area contributed by atoms with Crippen LogP contribution in [-0.4, -0.2) is 18.9 Å². The van der Waals surface area contributed by atoms with Crippen molar-refractivity contribution in [1.82, 2.24) is 4.57 Å². The normalized spacial score (nSPS) is 11.4. The number of carbonyl (C=O) groups is 1. The second-order valence-electron chi connectivity index (χ2n) is 7.18. The number of nitrogens with one attached hydrogen (secondary N) is 1. The van der Waals surface area contributed by atoms with Gasteiger partial charge in [0.2, 0.25) is 15.7 Å². The van der Waals surface area contributed by atoms with E-state index in [0.717, 1.165) is 14.6 Å². The van der Waals surface area contributed by atoms with Crippen LogP contribution in [0.2, 0.25) is 5.02 Å². The van der Waals surface area contributed by atoms with Crippen LogP contribution >= 0.6 is 27.5 Å². The molecule has 0 radical (unpaired) electrons. The molecule has 0 aliphatic rings. The number of nitrogens with zero attached hydrogens (tertiary/aromatic N) is 1. The number of sulfone groups is 1. The molecule has 31 heavy (non-hydrogen) atoms. The van der Waals surface area contributed by atoms with E-state index in [2.05, 4.69) is 21.2 Å². The topological polar surface area (TPSA) is 85.2 Å². The number of anilines is 1. The molecule has 0 atom stereocenters. The summed E-state index contributed by atoms with van der Waals surface area (Å²) in [5.41, 5.74) is 1.41. The number of rotatable bonds is 5. The number of halogens is 2. The molecule has 0 saturated heterocycles. The first-order chi connectivity index (χ1) is 14.5. The maximum atomic E-state index is 13.2. The van der Waals surface area contributed by atoms with Crippen molar-refractivity contribution in [3.8, 4) is 0 Å². The molecular weight excluding hydrogens is 504 g/mol. The Morgan fingerprint density at radius 2 is 1.71 bits per heavy atom. The minimum atomic E-state index is -4.07. The molecule has 162 valence electrons. The minimum Gasteiger partial charge on any atom is -0.323 e. The third kappa shape index (κ3) is 4.92. The highest BCUT2D eigenvalue weighted by Crippen LogP contribution is 2.24. The third-order valence-electron chi connectivity index (χ3n) is 4.74. The number of aryl methyl sites for hydroxylation is 3. The molecule has 0 bridgehead atoms. The zero-order valence-electron chi connectivity index (χ0n) is 17.1. The quantitative estimate of drug-likeness (QED) is 0.527. The van der Waals surface area contributed by atoms with E-state index in [4.69, 9.17) is 11.6 Å². The second kappa shape index (κ2) is 8.98. The Morgan fingerprint density at radius 1 is 1.06 bits per heavy atom. The Labute approximate surface area is 193 Å². The summed E-state index contributed by atoms with van der Waals surface area (Å²) >= 11 is 9.43. The Kier molecular flexibility index (Phi) is 6.73. The maximum absolute atomic E-state index is 13.2. The fourth-order valence-electron chi connectivity index (χ4n) is 3.22. The van der Waals surface area contributed by atoms with Crippen molar-refractivity contribution in [2.75, 3.05) is 5.32 Å². The van der Waals surface area contributed by atoms with Crippen LogP contribution in [0.5, 0.6) is 0 Å². The van der Waals surface area contributed by atoms with Gasteiger partial charge in [0.25, 0.3) is 5.56 Å². The number of hydrogen-bond acceptors (Lipinski definition) is 4. The summed E-state index contributed by atoms with van der Waals surface area (Å²) in [5.74, 6) is -0.494. The summed E-state index contributed by atoms with van der Waals surface area (Å²) in [6.07, 6.45) is 0. The van der Waals surface area contributed by atoms with E-state index < -0.39 is 21.3 Å². The first kappa shape index (κ1) is 23.2. The lowest BCUT2D eigenvalue weighted by molar-refractivity contribution is -0.116. The van der Waals surface area contributed by atoms with Gasteiger partial charge in [0.1, 0.15) is 11.4 Å². The lowest BCUT2D eigenvalue weighted by Gasteiger charge is -2.15. The van der Waals surface area contributed by atoms with Gasteiger partial charge in [-0.1, -0.05) is 33.6 Å². The van der Waals surface area contributed by atoms with Crippen molar-refractivity contribution in [3.05, 3.63) is 85.2 Å². The molecule has 1 heterocycles. The summed E-state index contributed by atoms with van der Waals surface area (Å²) in [4.78, 5) is 25.4. The fraction of sp³-hybridized carbons (Fsp3) is 0.182. The van der Waals surface area contributed by atoms with Gasteiger partial charge in [0, 0.05) is 10.2 Å². The number of benzene rings is 2. The molecule has 3 aromatic rings. The van der Waals surface area contributed by atoms with E-state index in [1.54, 1.807) is 50.2 Å². The molecule has 0 fully saturated rings. The maximum Gasteiger partial charge on any atom is 0.270 e. The molecule has 1 aromatic heterocycles. The summed E-state index contributed by atoms with van der Waals surface area (Å²) in [7, 11) is -4.07. The second-order valence-corrected chi connectivity index (χ2v) is 10.4. The first-order valence-electron chi connectivity index (χ1n) is 9.28. The van der Waals surface area contributed by atoms with E-state index in [0.29, 0.717) is 22.0 Å². The SMILES string of the molecule is Cc1ccc(NC(=O)Cn2c(C)cc(C)c(S(=O)(=O)c3ccc(Br)cc3)c2=O)c(Cl)c1. The van der Waals surface area contributed by atoms with Crippen molar-refractivity contribution in [2.24, 2.45) is 0 Å². The lowest BCUT2D eigenvalue weighted by atomic mass is 10.2. The van der Waals surface area contributed by atoms with E-state index in [1.165, 1.54) is 12.1 Å². The molecular formula is C22H20BrClN2O4S. The molecule has 2 aromatic carbocycles. The predicted octanol–water partition coefficient (Wildman–Crippen LogP) is 4.66. The van der Waals surface area contributed by atoms with Gasteiger partial charge in [-0.15, -0.1) is 0 Å². The van der Waals surface area contributed by atoms with Crippen LogP contribution in [0, 0.1) is 20.8 Å². The summed E-state index contributed by atoms with van der Waals surface area (Å²) in [6.45, 7) is 4.74. The monoisotopic (exact) mass is 522 g/mol. The molecule has 0 saturated carbocycles. The van der Waals surface area contributed by atoms with Crippen LogP contribution in [0.4, 0.5) is 5.69 Å². The predicted molar refractivity (Wildman–Crippen MR) is 125 cm³/mol. The standard InChI is InChI=1S/C22H20BrClN2O4S/c1-13-4-9-19(18(24)10-13)25-20(27)12-26-15(3)11-14(2)21(22(26)28)31(29,30)17-7-5-16(23)6-8-17/h4-11H,12H2,1-3H3,(H,25,27). The Morgan fingerprint density at radius 3 is 2.32 bits per heavy atom.